The lowest BCUT2D eigenvalue weighted by atomic mass is 10.1. The van der Waals surface area contributed by atoms with E-state index in [0.717, 1.165) is 25.0 Å². The molecule has 100 valence electrons. The highest BCUT2D eigenvalue weighted by molar-refractivity contribution is 5.73. The Hall–Kier alpha value is -1.15. The van der Waals surface area contributed by atoms with Crippen molar-refractivity contribution in [1.82, 2.24) is 5.32 Å². The molecule has 8 heteroatoms. The first-order valence-electron chi connectivity index (χ1n) is 4.77. The zero-order chi connectivity index (χ0) is 13.5. The van der Waals surface area contributed by atoms with Gasteiger partial charge in [-0.2, -0.15) is 13.2 Å². The number of piperidine rings is 1. The first-order valence-corrected chi connectivity index (χ1v) is 4.77. The Labute approximate surface area is 94.9 Å². The van der Waals surface area contributed by atoms with Gasteiger partial charge in [-0.1, -0.05) is 0 Å². The summed E-state index contributed by atoms with van der Waals surface area (Å²) in [6.45, 7) is 1.12. The smallest absolute Gasteiger partial charge is 0.475 e. The molecule has 0 aromatic rings. The third-order valence-corrected chi connectivity index (χ3v) is 1.94. The average Bonchev–Trinajstić information content (AvgIpc) is 2.28. The second-order valence-corrected chi connectivity index (χ2v) is 3.25. The Morgan fingerprint density at radius 3 is 2.24 bits per heavy atom. The monoisotopic (exact) mass is 259 g/mol. The molecule has 0 radical (unpaired) electrons. The average molecular weight is 259 g/mol. The van der Waals surface area contributed by atoms with Gasteiger partial charge < -0.3 is 15.5 Å². The van der Waals surface area contributed by atoms with Crippen LogP contribution in [0.25, 0.3) is 0 Å². The van der Waals surface area contributed by atoms with Gasteiger partial charge in [0.05, 0.1) is 6.61 Å². The number of nitrogens with one attached hydrogen (secondary N) is 1. The summed E-state index contributed by atoms with van der Waals surface area (Å²) in [4.78, 5) is 8.90. The van der Waals surface area contributed by atoms with E-state index in [0.29, 0.717) is 6.54 Å². The van der Waals surface area contributed by atoms with Gasteiger partial charge in [-0.3, -0.25) is 0 Å². The number of aliphatic hydroxyl groups is 1. The minimum absolute atomic E-state index is 0.354. The molecule has 1 aliphatic heterocycles. The number of halogens is 4. The van der Waals surface area contributed by atoms with Gasteiger partial charge in [-0.15, -0.1) is 0 Å². The number of hydrogen-bond acceptors (Lipinski definition) is 3. The predicted octanol–water partition coefficient (Wildman–Crippen LogP) is 1.22. The van der Waals surface area contributed by atoms with Crippen molar-refractivity contribution in [3.63, 3.8) is 0 Å². The standard InChI is InChI=1S/C7H12FNO.C2HF3O2/c8-7(5-10)6-2-1-3-9-4-6;3-2(4,5)1(6)7/h9-10H,1-5H2;(H,6,7). The van der Waals surface area contributed by atoms with Crippen LogP contribution < -0.4 is 5.32 Å². The lowest BCUT2D eigenvalue weighted by molar-refractivity contribution is -0.192. The van der Waals surface area contributed by atoms with Gasteiger partial charge in [0.2, 0.25) is 0 Å². The van der Waals surface area contributed by atoms with Crippen LogP contribution in [0.15, 0.2) is 11.4 Å². The first kappa shape index (κ1) is 15.9. The Kier molecular flexibility index (Phi) is 6.74. The Morgan fingerprint density at radius 1 is 1.41 bits per heavy atom. The molecule has 0 aromatic heterocycles. The minimum Gasteiger partial charge on any atom is -0.475 e. The molecule has 3 N–H and O–H groups in total. The van der Waals surface area contributed by atoms with Crippen molar-refractivity contribution in [3.8, 4) is 0 Å². The SMILES string of the molecule is O=C(O)C(F)(F)F.OCC(F)=C1CCCNC1. The van der Waals surface area contributed by atoms with E-state index in [2.05, 4.69) is 5.32 Å². The van der Waals surface area contributed by atoms with E-state index in [4.69, 9.17) is 15.0 Å². The quantitative estimate of drug-likeness (QED) is 0.619. The molecule has 4 nitrogen and oxygen atoms in total. The summed E-state index contributed by atoms with van der Waals surface area (Å²) in [6.07, 6.45) is -3.32. The normalized spacial score (nSPS) is 19.1. The molecule has 0 atom stereocenters. The van der Waals surface area contributed by atoms with E-state index < -0.39 is 18.8 Å². The number of carbonyl (C=O) groups is 1. The van der Waals surface area contributed by atoms with Crippen LogP contribution >= 0.6 is 0 Å². The third kappa shape index (κ3) is 6.90. The van der Waals surface area contributed by atoms with Gasteiger partial charge >= 0.3 is 12.1 Å². The fraction of sp³-hybridized carbons (Fsp3) is 0.667. The van der Waals surface area contributed by atoms with Crippen molar-refractivity contribution in [2.24, 2.45) is 0 Å². The number of carboxylic acids is 1. The van der Waals surface area contributed by atoms with Gasteiger partial charge in [0.15, 0.2) is 0 Å². The number of rotatable bonds is 1. The van der Waals surface area contributed by atoms with E-state index in [1.807, 2.05) is 0 Å². The molecule has 1 fully saturated rings. The van der Waals surface area contributed by atoms with Crippen LogP contribution in [-0.4, -0.2) is 42.1 Å². The Morgan fingerprint density at radius 2 is 1.94 bits per heavy atom. The van der Waals surface area contributed by atoms with Crippen molar-refractivity contribution in [1.29, 1.82) is 0 Å². The summed E-state index contributed by atoms with van der Waals surface area (Å²) >= 11 is 0. The molecule has 0 spiro atoms. The van der Waals surface area contributed by atoms with Crippen LogP contribution in [0.5, 0.6) is 0 Å². The molecule has 0 amide bonds. The highest BCUT2D eigenvalue weighted by Crippen LogP contribution is 2.14. The topological polar surface area (TPSA) is 69.6 Å². The maximum Gasteiger partial charge on any atom is 0.490 e. The second-order valence-electron chi connectivity index (χ2n) is 3.25. The van der Waals surface area contributed by atoms with Crippen molar-refractivity contribution in [2.75, 3.05) is 19.7 Å². The summed E-state index contributed by atoms with van der Waals surface area (Å²) in [5.74, 6) is -3.11. The maximum absolute atomic E-state index is 12.6. The zero-order valence-electron chi connectivity index (χ0n) is 8.85. The summed E-state index contributed by atoms with van der Waals surface area (Å²) in [5.41, 5.74) is 0.730. The lowest BCUT2D eigenvalue weighted by Crippen LogP contribution is -2.24. The number of carboxylic acid groups (broad SMARTS) is 1. The van der Waals surface area contributed by atoms with E-state index in [1.165, 1.54) is 0 Å². The van der Waals surface area contributed by atoms with Crippen LogP contribution in [0, 0.1) is 0 Å². The first-order chi connectivity index (χ1) is 7.79. The fourth-order valence-corrected chi connectivity index (χ4v) is 1.10. The van der Waals surface area contributed by atoms with Gasteiger partial charge in [0, 0.05) is 6.54 Å². The van der Waals surface area contributed by atoms with Crippen molar-refractivity contribution >= 4 is 5.97 Å². The molecule has 1 aliphatic rings. The number of alkyl halides is 3. The van der Waals surface area contributed by atoms with Gasteiger partial charge in [0.1, 0.15) is 5.83 Å². The number of hydrogen-bond donors (Lipinski definition) is 3. The summed E-state index contributed by atoms with van der Waals surface area (Å²) in [7, 11) is 0. The van der Waals surface area contributed by atoms with E-state index in [1.54, 1.807) is 0 Å². The van der Waals surface area contributed by atoms with Crippen molar-refractivity contribution in [3.05, 3.63) is 11.4 Å². The number of aliphatic hydroxyl groups excluding tert-OH is 1. The zero-order valence-corrected chi connectivity index (χ0v) is 8.85. The van der Waals surface area contributed by atoms with E-state index >= 15 is 0 Å². The summed E-state index contributed by atoms with van der Waals surface area (Å²) < 4.78 is 44.3. The number of aliphatic carboxylic acids is 1. The largest absolute Gasteiger partial charge is 0.490 e. The maximum atomic E-state index is 12.6. The predicted molar refractivity (Wildman–Crippen MR) is 51.0 cm³/mol. The molecule has 1 rings (SSSR count). The molecular formula is C9H13F4NO3. The molecule has 0 unspecified atom stereocenters. The summed E-state index contributed by atoms with van der Waals surface area (Å²) in [5, 5.41) is 18.6. The molecule has 0 bridgehead atoms. The molecule has 1 heterocycles. The van der Waals surface area contributed by atoms with E-state index in [-0.39, 0.29) is 5.83 Å². The molecule has 0 aliphatic carbocycles. The van der Waals surface area contributed by atoms with Gasteiger partial charge in [-0.25, -0.2) is 9.18 Å². The second kappa shape index (κ2) is 7.23. The third-order valence-electron chi connectivity index (χ3n) is 1.94. The van der Waals surface area contributed by atoms with Gasteiger partial charge in [0.25, 0.3) is 0 Å². The van der Waals surface area contributed by atoms with Crippen LogP contribution in [0.2, 0.25) is 0 Å². The minimum atomic E-state index is -5.08. The Bertz CT molecular complexity index is 280. The Balaban J connectivity index is 0.000000325. The molecule has 0 aromatic carbocycles. The van der Waals surface area contributed by atoms with Crippen molar-refractivity contribution < 1.29 is 32.6 Å². The van der Waals surface area contributed by atoms with Crippen LogP contribution in [0.1, 0.15) is 12.8 Å². The highest BCUT2D eigenvalue weighted by Gasteiger charge is 2.38. The highest BCUT2D eigenvalue weighted by atomic mass is 19.4. The van der Waals surface area contributed by atoms with E-state index in [9.17, 15) is 17.6 Å². The molecule has 1 saturated heterocycles. The fourth-order valence-electron chi connectivity index (χ4n) is 1.10. The molecule has 17 heavy (non-hydrogen) atoms. The van der Waals surface area contributed by atoms with Crippen molar-refractivity contribution in [2.45, 2.75) is 19.0 Å². The van der Waals surface area contributed by atoms with Crippen LogP contribution in [0.3, 0.4) is 0 Å². The lowest BCUT2D eigenvalue weighted by Gasteiger charge is -2.15. The molecular weight excluding hydrogens is 246 g/mol. The van der Waals surface area contributed by atoms with Crippen LogP contribution in [-0.2, 0) is 4.79 Å². The van der Waals surface area contributed by atoms with Crippen LogP contribution in [0.4, 0.5) is 17.6 Å². The van der Waals surface area contributed by atoms with Gasteiger partial charge in [-0.05, 0) is 25.0 Å². The summed E-state index contributed by atoms with van der Waals surface area (Å²) in [6, 6.07) is 0. The molecule has 0 saturated carbocycles.